The number of halogens is 2. The molecule has 0 spiro atoms. The van der Waals surface area contributed by atoms with Crippen LogP contribution >= 0.6 is 22.3 Å². The summed E-state index contributed by atoms with van der Waals surface area (Å²) in [5.41, 5.74) is -0.874. The lowest BCUT2D eigenvalue weighted by molar-refractivity contribution is -0.155. The van der Waals surface area contributed by atoms with Crippen molar-refractivity contribution in [1.29, 1.82) is 0 Å². The van der Waals surface area contributed by atoms with Gasteiger partial charge in [0.15, 0.2) is 0 Å². The highest BCUT2D eigenvalue weighted by atomic mass is 35.7. The van der Waals surface area contributed by atoms with E-state index in [0.717, 1.165) is 6.08 Å². The SMILES string of the molecule is CC(C)(C)OC(=O)C1(S(=O)(=O)Cl)C=c2cc(Cl)ccc2=N1. The van der Waals surface area contributed by atoms with E-state index in [2.05, 4.69) is 4.99 Å². The Morgan fingerprint density at radius 1 is 1.33 bits per heavy atom. The number of ether oxygens (including phenoxy) is 1. The quantitative estimate of drug-likeness (QED) is 0.596. The molecule has 8 heteroatoms. The molecule has 0 aliphatic carbocycles. The first-order valence-corrected chi connectivity index (χ1v) is 8.69. The van der Waals surface area contributed by atoms with Crippen LogP contribution in [0.5, 0.6) is 0 Å². The highest BCUT2D eigenvalue weighted by Gasteiger charge is 2.52. The lowest BCUT2D eigenvalue weighted by Crippen LogP contribution is -2.44. The van der Waals surface area contributed by atoms with Crippen LogP contribution in [-0.2, 0) is 18.6 Å². The molecule has 1 unspecified atom stereocenters. The van der Waals surface area contributed by atoms with E-state index in [4.69, 9.17) is 27.0 Å². The van der Waals surface area contributed by atoms with Gasteiger partial charge < -0.3 is 4.74 Å². The third-order valence-corrected chi connectivity index (χ3v) is 4.75. The zero-order valence-corrected chi connectivity index (χ0v) is 13.9. The number of benzene rings is 1. The first-order valence-electron chi connectivity index (χ1n) is 6.01. The fraction of sp³-hybridized carbons (Fsp3) is 0.385. The van der Waals surface area contributed by atoms with E-state index < -0.39 is 25.5 Å². The normalized spacial score (nSPS) is 21.2. The minimum atomic E-state index is -4.38. The molecule has 0 fully saturated rings. The van der Waals surface area contributed by atoms with Crippen molar-refractivity contribution in [3.63, 3.8) is 0 Å². The summed E-state index contributed by atoms with van der Waals surface area (Å²) in [6.07, 6.45) is 1.16. The molecule has 0 saturated carbocycles. The van der Waals surface area contributed by atoms with Gasteiger partial charge in [-0.2, -0.15) is 0 Å². The molecule has 2 rings (SSSR count). The van der Waals surface area contributed by atoms with Crippen molar-refractivity contribution < 1.29 is 17.9 Å². The van der Waals surface area contributed by atoms with Gasteiger partial charge in [-0.1, -0.05) is 11.6 Å². The van der Waals surface area contributed by atoms with Crippen LogP contribution in [0.2, 0.25) is 5.02 Å². The Hall–Kier alpha value is -1.11. The second kappa shape index (κ2) is 4.97. The average molecular weight is 350 g/mol. The first-order chi connectivity index (χ1) is 9.45. The molecule has 1 aliphatic rings. The van der Waals surface area contributed by atoms with Crippen LogP contribution in [0.3, 0.4) is 0 Å². The number of rotatable bonds is 2. The Balaban J connectivity index is 2.67. The number of esters is 1. The molecule has 1 aromatic carbocycles. The van der Waals surface area contributed by atoms with Crippen LogP contribution in [0.4, 0.5) is 0 Å². The molecule has 0 radical (unpaired) electrons. The van der Waals surface area contributed by atoms with Gasteiger partial charge in [-0.15, -0.1) is 0 Å². The first kappa shape index (κ1) is 16.3. The lowest BCUT2D eigenvalue weighted by Gasteiger charge is -2.25. The van der Waals surface area contributed by atoms with E-state index >= 15 is 0 Å². The molecule has 1 aliphatic heterocycles. The summed E-state index contributed by atoms with van der Waals surface area (Å²) < 4.78 is 29.0. The summed E-state index contributed by atoms with van der Waals surface area (Å²) in [7, 11) is 1.08. The zero-order chi connectivity index (χ0) is 16.1. The van der Waals surface area contributed by atoms with Crippen molar-refractivity contribution in [2.24, 2.45) is 4.99 Å². The van der Waals surface area contributed by atoms with E-state index in [1.165, 1.54) is 12.1 Å². The third-order valence-electron chi connectivity index (χ3n) is 2.69. The van der Waals surface area contributed by atoms with Crippen molar-refractivity contribution in [2.45, 2.75) is 31.2 Å². The van der Waals surface area contributed by atoms with Crippen molar-refractivity contribution in [1.82, 2.24) is 0 Å². The standard InChI is InChI=1S/C13H13Cl2NO4S/c1-12(2,3)20-11(17)13(21(15,18)19)7-8-6-9(14)4-5-10(8)16-13/h4-7H,1-3H3. The van der Waals surface area contributed by atoms with Crippen LogP contribution in [0.25, 0.3) is 6.08 Å². The zero-order valence-electron chi connectivity index (χ0n) is 11.6. The molecule has 1 aromatic rings. The monoisotopic (exact) mass is 349 g/mol. The van der Waals surface area contributed by atoms with Crippen LogP contribution < -0.4 is 10.6 Å². The minimum Gasteiger partial charge on any atom is -0.457 e. The van der Waals surface area contributed by atoms with Crippen molar-refractivity contribution in [3.05, 3.63) is 33.8 Å². The molecule has 0 bridgehead atoms. The van der Waals surface area contributed by atoms with E-state index in [9.17, 15) is 13.2 Å². The Kier molecular flexibility index (Phi) is 3.85. The molecule has 0 N–H and O–H groups in total. The van der Waals surface area contributed by atoms with Crippen molar-refractivity contribution >= 4 is 43.4 Å². The predicted octanol–water partition coefficient (Wildman–Crippen LogP) is 1.36. The third kappa shape index (κ3) is 3.07. The molecule has 0 aromatic heterocycles. The molecule has 0 saturated heterocycles. The van der Waals surface area contributed by atoms with Crippen LogP contribution in [-0.4, -0.2) is 24.9 Å². The van der Waals surface area contributed by atoms with E-state index in [1.54, 1.807) is 26.8 Å². The molecular formula is C13H13Cl2NO4S. The number of hydrogen-bond donors (Lipinski definition) is 0. The lowest BCUT2D eigenvalue weighted by atomic mass is 10.2. The van der Waals surface area contributed by atoms with Gasteiger partial charge >= 0.3 is 5.97 Å². The van der Waals surface area contributed by atoms with E-state index in [1.807, 2.05) is 0 Å². The van der Waals surface area contributed by atoms with Gasteiger partial charge in [-0.05, 0) is 45.0 Å². The van der Waals surface area contributed by atoms with E-state index in [0.29, 0.717) is 15.6 Å². The Labute approximate surface area is 131 Å². The fourth-order valence-corrected chi connectivity index (χ4v) is 3.17. The van der Waals surface area contributed by atoms with Gasteiger partial charge in [-0.25, -0.2) is 18.2 Å². The minimum absolute atomic E-state index is 0.314. The average Bonchev–Trinajstić information content (AvgIpc) is 2.65. The van der Waals surface area contributed by atoms with Crippen molar-refractivity contribution in [2.75, 3.05) is 0 Å². The molecule has 0 amide bonds. The molecule has 1 heterocycles. The van der Waals surface area contributed by atoms with E-state index in [-0.39, 0.29) is 0 Å². The van der Waals surface area contributed by atoms with Crippen molar-refractivity contribution in [3.8, 4) is 0 Å². The Morgan fingerprint density at radius 3 is 2.48 bits per heavy atom. The van der Waals surface area contributed by atoms with Crippen LogP contribution in [0, 0.1) is 0 Å². The topological polar surface area (TPSA) is 72.8 Å². The van der Waals surface area contributed by atoms with Gasteiger partial charge in [0.2, 0.25) is 0 Å². The molecule has 1 atom stereocenters. The largest absolute Gasteiger partial charge is 0.457 e. The smallest absolute Gasteiger partial charge is 0.356 e. The Morgan fingerprint density at radius 2 is 1.95 bits per heavy atom. The van der Waals surface area contributed by atoms with Gasteiger partial charge in [-0.3, -0.25) is 0 Å². The summed E-state index contributed by atoms with van der Waals surface area (Å²) in [5.74, 6) is -1.04. The second-order valence-electron chi connectivity index (χ2n) is 5.60. The van der Waals surface area contributed by atoms with Gasteiger partial charge in [0.25, 0.3) is 13.9 Å². The second-order valence-corrected chi connectivity index (χ2v) is 8.75. The fourth-order valence-electron chi connectivity index (χ4n) is 1.85. The summed E-state index contributed by atoms with van der Waals surface area (Å²) in [6, 6.07) is 4.57. The maximum absolute atomic E-state index is 12.3. The predicted molar refractivity (Wildman–Crippen MR) is 80.0 cm³/mol. The summed E-state index contributed by atoms with van der Waals surface area (Å²) in [6.45, 7) is 4.87. The number of carbonyl (C=O) groups is 1. The molecule has 21 heavy (non-hydrogen) atoms. The number of fused-ring (bicyclic) bond motifs is 1. The van der Waals surface area contributed by atoms with Gasteiger partial charge in [0, 0.05) is 20.9 Å². The number of hydrogen-bond acceptors (Lipinski definition) is 5. The molecule has 114 valence electrons. The summed E-state index contributed by atoms with van der Waals surface area (Å²) in [4.78, 5) is 14.0. The Bertz CT molecular complexity index is 827. The summed E-state index contributed by atoms with van der Waals surface area (Å²) in [5, 5.41) is 1.12. The molecule has 5 nitrogen and oxygen atoms in total. The van der Waals surface area contributed by atoms with Gasteiger partial charge in [0.1, 0.15) is 5.60 Å². The maximum atomic E-state index is 12.3. The highest BCUT2D eigenvalue weighted by Crippen LogP contribution is 2.30. The van der Waals surface area contributed by atoms with Gasteiger partial charge in [0.05, 0.1) is 5.36 Å². The summed E-state index contributed by atoms with van der Waals surface area (Å²) >= 11 is 5.86. The maximum Gasteiger partial charge on any atom is 0.356 e. The van der Waals surface area contributed by atoms with Crippen LogP contribution in [0.15, 0.2) is 23.2 Å². The van der Waals surface area contributed by atoms with Crippen LogP contribution in [0.1, 0.15) is 20.8 Å². The molecular weight excluding hydrogens is 337 g/mol. The number of carbonyl (C=O) groups excluding carboxylic acids is 1. The number of nitrogens with zero attached hydrogens (tertiary/aromatic N) is 1. The highest BCUT2D eigenvalue weighted by molar-refractivity contribution is 8.15.